The van der Waals surface area contributed by atoms with Crippen molar-refractivity contribution < 1.29 is 14.1 Å². The van der Waals surface area contributed by atoms with Crippen molar-refractivity contribution in [1.29, 1.82) is 0 Å². The molecule has 0 radical (unpaired) electrons. The van der Waals surface area contributed by atoms with Gasteiger partial charge in [-0.25, -0.2) is 0 Å². The van der Waals surface area contributed by atoms with E-state index in [1.54, 1.807) is 0 Å². The SMILES string of the molecule is O=C(NCc1cc2n(n1)CCN(C(=O)C1CCC1)C2)c1ccon1. The van der Waals surface area contributed by atoms with Crippen LogP contribution in [-0.4, -0.2) is 38.2 Å². The Bertz CT molecular complexity index is 748. The zero-order valence-corrected chi connectivity index (χ0v) is 13.3. The van der Waals surface area contributed by atoms with E-state index in [2.05, 4.69) is 20.1 Å². The third kappa shape index (κ3) is 2.79. The molecule has 0 bridgehead atoms. The second kappa shape index (κ2) is 6.10. The van der Waals surface area contributed by atoms with Gasteiger partial charge in [0.25, 0.3) is 5.91 Å². The molecule has 0 aromatic carbocycles. The van der Waals surface area contributed by atoms with Gasteiger partial charge < -0.3 is 14.7 Å². The fourth-order valence-electron chi connectivity index (χ4n) is 3.10. The zero-order chi connectivity index (χ0) is 16.5. The van der Waals surface area contributed by atoms with E-state index in [1.807, 2.05) is 15.6 Å². The quantitative estimate of drug-likeness (QED) is 0.901. The van der Waals surface area contributed by atoms with E-state index < -0.39 is 0 Å². The summed E-state index contributed by atoms with van der Waals surface area (Å²) in [5.74, 6) is 0.201. The highest BCUT2D eigenvalue weighted by Gasteiger charge is 2.31. The average Bonchev–Trinajstić information content (AvgIpc) is 3.19. The lowest BCUT2D eigenvalue weighted by atomic mass is 9.84. The van der Waals surface area contributed by atoms with E-state index in [1.165, 1.54) is 12.3 Å². The fraction of sp³-hybridized carbons (Fsp3) is 0.500. The van der Waals surface area contributed by atoms with Gasteiger partial charge in [-0.3, -0.25) is 14.3 Å². The number of aromatic nitrogens is 3. The van der Waals surface area contributed by atoms with Crippen molar-refractivity contribution in [3.8, 4) is 0 Å². The Balaban J connectivity index is 1.37. The summed E-state index contributed by atoms with van der Waals surface area (Å²) in [7, 11) is 0. The molecule has 2 aromatic heterocycles. The van der Waals surface area contributed by atoms with Crippen molar-refractivity contribution in [2.24, 2.45) is 5.92 Å². The van der Waals surface area contributed by atoms with Gasteiger partial charge in [0, 0.05) is 18.5 Å². The first kappa shape index (κ1) is 14.9. The summed E-state index contributed by atoms with van der Waals surface area (Å²) in [5, 5.41) is 10.9. The van der Waals surface area contributed by atoms with Gasteiger partial charge in [0.2, 0.25) is 5.91 Å². The second-order valence-electron chi connectivity index (χ2n) is 6.31. The maximum atomic E-state index is 12.4. The molecular weight excluding hydrogens is 310 g/mol. The van der Waals surface area contributed by atoms with Crippen LogP contribution in [-0.2, 0) is 24.4 Å². The standard InChI is InChI=1S/C16H19N5O3/c22-15(14-4-7-24-19-14)17-9-12-8-13-10-20(5-6-21(13)18-12)16(23)11-2-1-3-11/h4,7-8,11H,1-3,5-6,9-10H2,(H,17,22). The topological polar surface area (TPSA) is 93.3 Å². The average molecular weight is 329 g/mol. The zero-order valence-electron chi connectivity index (χ0n) is 13.3. The lowest BCUT2D eigenvalue weighted by molar-refractivity contribution is -0.139. The molecule has 8 nitrogen and oxygen atoms in total. The summed E-state index contributed by atoms with van der Waals surface area (Å²) in [6, 6.07) is 3.46. The monoisotopic (exact) mass is 329 g/mol. The first-order valence-corrected chi connectivity index (χ1v) is 8.23. The summed E-state index contributed by atoms with van der Waals surface area (Å²) in [4.78, 5) is 26.2. The first-order chi connectivity index (χ1) is 11.7. The van der Waals surface area contributed by atoms with E-state index in [0.717, 1.165) is 30.7 Å². The van der Waals surface area contributed by atoms with E-state index in [4.69, 9.17) is 0 Å². The van der Waals surface area contributed by atoms with Crippen LogP contribution >= 0.6 is 0 Å². The largest absolute Gasteiger partial charge is 0.364 e. The number of amides is 2. The highest BCUT2D eigenvalue weighted by Crippen LogP contribution is 2.29. The van der Waals surface area contributed by atoms with Gasteiger partial charge in [0.05, 0.1) is 31.0 Å². The van der Waals surface area contributed by atoms with Crippen LogP contribution in [0.15, 0.2) is 22.9 Å². The van der Waals surface area contributed by atoms with Crippen LogP contribution in [0.5, 0.6) is 0 Å². The number of fused-ring (bicyclic) bond motifs is 1. The Kier molecular flexibility index (Phi) is 3.79. The van der Waals surface area contributed by atoms with Crippen LogP contribution in [0.1, 0.15) is 41.1 Å². The van der Waals surface area contributed by atoms with E-state index >= 15 is 0 Å². The molecule has 1 saturated carbocycles. The van der Waals surface area contributed by atoms with Crippen LogP contribution in [0.25, 0.3) is 0 Å². The third-order valence-corrected chi connectivity index (χ3v) is 4.72. The Morgan fingerprint density at radius 3 is 2.92 bits per heavy atom. The number of rotatable bonds is 4. The molecule has 1 fully saturated rings. The van der Waals surface area contributed by atoms with Crippen molar-refractivity contribution in [1.82, 2.24) is 25.2 Å². The Morgan fingerprint density at radius 1 is 1.33 bits per heavy atom. The maximum Gasteiger partial charge on any atom is 0.273 e. The maximum absolute atomic E-state index is 12.4. The number of carbonyl (C=O) groups is 2. The van der Waals surface area contributed by atoms with Crippen LogP contribution in [0, 0.1) is 5.92 Å². The molecule has 0 spiro atoms. The van der Waals surface area contributed by atoms with Crippen molar-refractivity contribution in [2.45, 2.75) is 38.9 Å². The summed E-state index contributed by atoms with van der Waals surface area (Å²) in [5.41, 5.74) is 2.04. The van der Waals surface area contributed by atoms with Gasteiger partial charge in [-0.1, -0.05) is 11.6 Å². The predicted octanol–water partition coefficient (Wildman–Crippen LogP) is 0.943. The minimum absolute atomic E-state index is 0.223. The molecule has 4 rings (SSSR count). The molecule has 1 aliphatic carbocycles. The first-order valence-electron chi connectivity index (χ1n) is 8.23. The summed E-state index contributed by atoms with van der Waals surface area (Å²) in [6.07, 6.45) is 4.57. The Labute approximate surface area is 138 Å². The van der Waals surface area contributed by atoms with Crippen molar-refractivity contribution >= 4 is 11.8 Å². The summed E-state index contributed by atoms with van der Waals surface area (Å²) >= 11 is 0. The molecule has 1 N–H and O–H groups in total. The third-order valence-electron chi connectivity index (χ3n) is 4.72. The van der Waals surface area contributed by atoms with Crippen LogP contribution < -0.4 is 5.32 Å². The molecule has 8 heteroatoms. The Morgan fingerprint density at radius 2 is 2.21 bits per heavy atom. The molecule has 24 heavy (non-hydrogen) atoms. The number of hydrogen-bond donors (Lipinski definition) is 1. The molecule has 126 valence electrons. The van der Waals surface area contributed by atoms with E-state index in [9.17, 15) is 9.59 Å². The normalized spacial score (nSPS) is 17.2. The molecule has 2 aromatic rings. The molecule has 2 aliphatic rings. The molecule has 0 atom stereocenters. The molecule has 1 aliphatic heterocycles. The number of nitrogens with zero attached hydrogens (tertiary/aromatic N) is 4. The van der Waals surface area contributed by atoms with Crippen LogP contribution in [0.4, 0.5) is 0 Å². The van der Waals surface area contributed by atoms with E-state index in [0.29, 0.717) is 26.2 Å². The molecule has 0 saturated heterocycles. The van der Waals surface area contributed by atoms with Gasteiger partial charge >= 0.3 is 0 Å². The van der Waals surface area contributed by atoms with Gasteiger partial charge in [-0.15, -0.1) is 0 Å². The van der Waals surface area contributed by atoms with Gasteiger partial charge in [0.1, 0.15) is 6.26 Å². The number of nitrogens with one attached hydrogen (secondary N) is 1. The Hall–Kier alpha value is -2.64. The number of hydrogen-bond acceptors (Lipinski definition) is 5. The second-order valence-corrected chi connectivity index (χ2v) is 6.31. The fourth-order valence-corrected chi connectivity index (χ4v) is 3.10. The lowest BCUT2D eigenvalue weighted by Gasteiger charge is -2.34. The van der Waals surface area contributed by atoms with Gasteiger partial charge in [-0.05, 0) is 18.9 Å². The summed E-state index contributed by atoms with van der Waals surface area (Å²) in [6.45, 7) is 2.32. The molecule has 3 heterocycles. The molecular formula is C16H19N5O3. The lowest BCUT2D eigenvalue weighted by Crippen LogP contribution is -2.43. The molecule has 0 unspecified atom stereocenters. The van der Waals surface area contributed by atoms with Crippen molar-refractivity contribution in [3.05, 3.63) is 35.5 Å². The number of carbonyl (C=O) groups excluding carboxylic acids is 2. The van der Waals surface area contributed by atoms with Crippen LogP contribution in [0.3, 0.4) is 0 Å². The molecule has 2 amide bonds. The summed E-state index contributed by atoms with van der Waals surface area (Å²) < 4.78 is 6.57. The van der Waals surface area contributed by atoms with E-state index in [-0.39, 0.29) is 23.4 Å². The van der Waals surface area contributed by atoms with Crippen molar-refractivity contribution in [3.63, 3.8) is 0 Å². The highest BCUT2D eigenvalue weighted by molar-refractivity contribution is 5.91. The van der Waals surface area contributed by atoms with Crippen LogP contribution in [0.2, 0.25) is 0 Å². The smallest absolute Gasteiger partial charge is 0.273 e. The minimum Gasteiger partial charge on any atom is -0.364 e. The van der Waals surface area contributed by atoms with Gasteiger partial charge in [0.15, 0.2) is 5.69 Å². The predicted molar refractivity (Wildman–Crippen MR) is 82.7 cm³/mol. The van der Waals surface area contributed by atoms with Crippen molar-refractivity contribution in [2.75, 3.05) is 6.54 Å². The van der Waals surface area contributed by atoms with Gasteiger partial charge in [-0.2, -0.15) is 5.10 Å². The minimum atomic E-state index is -0.295. The highest BCUT2D eigenvalue weighted by atomic mass is 16.5.